The van der Waals surface area contributed by atoms with Crippen LogP contribution in [0.15, 0.2) is 0 Å². The van der Waals surface area contributed by atoms with Crippen molar-refractivity contribution in [1.29, 1.82) is 5.41 Å². The van der Waals surface area contributed by atoms with Gasteiger partial charge in [-0.2, -0.15) is 0 Å². The van der Waals surface area contributed by atoms with Gasteiger partial charge in [-0.25, -0.2) is 0 Å². The molecule has 0 saturated heterocycles. The van der Waals surface area contributed by atoms with Crippen LogP contribution >= 0.6 is 12.2 Å². The van der Waals surface area contributed by atoms with Gasteiger partial charge in [-0.05, 0) is 12.2 Å². The fourth-order valence-electron chi connectivity index (χ4n) is 0. The van der Waals surface area contributed by atoms with Crippen LogP contribution in [0.25, 0.3) is 0 Å². The molecule has 0 radical (unpaired) electrons. The predicted octanol–water partition coefficient (Wildman–Crippen LogP) is 0.390. The number of nitrogens with one attached hydrogen (secondary N) is 1. The highest BCUT2D eigenvalue weighted by molar-refractivity contribution is 7.78. The van der Waals surface area contributed by atoms with E-state index in [1.54, 1.807) is 5.87 Å². The second-order valence-corrected chi connectivity index (χ2v) is 0.431. The Kier molecular flexibility index (Phi) is 2.31. The zero-order valence-corrected chi connectivity index (χ0v) is 2.72. The fraction of sp³-hybridized carbons (Fsp3) is 0. The maximum Gasteiger partial charge on any atom is 0.0426 e. The third-order valence-electron chi connectivity index (χ3n) is 0.0510. The summed E-state index contributed by atoms with van der Waals surface area (Å²) < 4.78 is 0. The molecule has 1 nitrogen and oxygen atoms in total. The van der Waals surface area contributed by atoms with E-state index in [2.05, 4.69) is 12.2 Å². The van der Waals surface area contributed by atoms with Gasteiger partial charge in [0.15, 0.2) is 0 Å². The minimum absolute atomic E-state index is 1.75. The highest BCUT2D eigenvalue weighted by Crippen LogP contribution is 1.18. The Morgan fingerprint density at radius 2 is 2.00 bits per heavy atom. The standard InChI is InChI=1S/C2HNS/c3-1-2-4/h3H. The van der Waals surface area contributed by atoms with E-state index in [1.807, 2.05) is 5.02 Å². The molecule has 0 aromatic rings. The first-order valence-electron chi connectivity index (χ1n) is 0.704. The number of hydrogen-bond donors (Lipinski definition) is 1. The molecule has 0 atom stereocenters. The molecular formula is C2HNS. The third kappa shape index (κ3) is 1.58. The van der Waals surface area contributed by atoms with Crippen LogP contribution in [0.2, 0.25) is 0 Å². The van der Waals surface area contributed by atoms with Gasteiger partial charge in [0.2, 0.25) is 0 Å². The molecule has 0 rings (SSSR count). The van der Waals surface area contributed by atoms with E-state index >= 15 is 0 Å². The molecule has 0 aromatic carbocycles. The molecule has 20 valence electrons. The molecule has 0 spiro atoms. The van der Waals surface area contributed by atoms with E-state index in [9.17, 15) is 0 Å². The maximum absolute atomic E-state index is 5.99. The Labute approximate surface area is 29.5 Å². The molecule has 4 heavy (non-hydrogen) atoms. The molecule has 2 heteroatoms. The van der Waals surface area contributed by atoms with Crippen molar-refractivity contribution in [2.24, 2.45) is 0 Å². The van der Waals surface area contributed by atoms with Gasteiger partial charge in [-0.15, -0.1) is 0 Å². The quantitative estimate of drug-likeness (QED) is 0.324. The van der Waals surface area contributed by atoms with Crippen LogP contribution in [0.5, 0.6) is 0 Å². The highest BCUT2D eigenvalue weighted by atomic mass is 32.1. The maximum atomic E-state index is 5.99. The van der Waals surface area contributed by atoms with Crippen LogP contribution in [0.1, 0.15) is 0 Å². The Balaban J connectivity index is 3.95. The second-order valence-electron chi connectivity index (χ2n) is 0.227. The summed E-state index contributed by atoms with van der Waals surface area (Å²) in [5.74, 6) is 1.75. The van der Waals surface area contributed by atoms with Crippen LogP contribution in [0.3, 0.4) is 0 Å². The minimum atomic E-state index is 1.75. The van der Waals surface area contributed by atoms with E-state index in [4.69, 9.17) is 5.41 Å². The molecular weight excluding hydrogens is 70.1 g/mol. The van der Waals surface area contributed by atoms with Crippen LogP contribution in [0.4, 0.5) is 0 Å². The molecule has 0 unspecified atom stereocenters. The van der Waals surface area contributed by atoms with Crippen LogP contribution < -0.4 is 0 Å². The molecule has 0 aliphatic carbocycles. The Hall–Kier alpha value is -0.420. The summed E-state index contributed by atoms with van der Waals surface area (Å²) in [5, 5.41) is 7.92. The minimum Gasteiger partial charge on any atom is -0.250 e. The lowest BCUT2D eigenvalue weighted by Gasteiger charge is -1.16. The Bertz CT molecular complexity index is 56.1. The van der Waals surface area contributed by atoms with Gasteiger partial charge in [0.1, 0.15) is 0 Å². The molecule has 0 aliphatic heterocycles. The molecule has 0 amide bonds. The van der Waals surface area contributed by atoms with Crippen LogP contribution in [0, 0.1) is 5.41 Å². The smallest absolute Gasteiger partial charge is 0.0426 e. The van der Waals surface area contributed by atoms with E-state index < -0.39 is 0 Å². The molecule has 0 bridgehead atoms. The molecule has 0 saturated carbocycles. The van der Waals surface area contributed by atoms with Crippen molar-refractivity contribution in [2.75, 3.05) is 0 Å². The number of rotatable bonds is 0. The van der Waals surface area contributed by atoms with Crippen molar-refractivity contribution >= 4 is 23.1 Å². The first-order valence-corrected chi connectivity index (χ1v) is 1.11. The van der Waals surface area contributed by atoms with Gasteiger partial charge in [0.05, 0.1) is 0 Å². The van der Waals surface area contributed by atoms with Gasteiger partial charge in [-0.1, -0.05) is 0 Å². The Morgan fingerprint density at radius 1 is 1.75 bits per heavy atom. The SMILES string of the molecule is N=C=C=S. The average molecular weight is 71.1 g/mol. The summed E-state index contributed by atoms with van der Waals surface area (Å²) in [5.41, 5.74) is 0. The summed E-state index contributed by atoms with van der Waals surface area (Å²) in [7, 11) is 0. The number of thiocarbonyl (C=S) groups is 1. The number of hydrogen-bond acceptors (Lipinski definition) is 2. The Morgan fingerprint density at radius 3 is 2.00 bits per heavy atom. The predicted molar refractivity (Wildman–Crippen MR) is 20.3 cm³/mol. The first-order chi connectivity index (χ1) is 1.91. The zero-order valence-electron chi connectivity index (χ0n) is 1.91. The average Bonchev–Trinajstić information content (AvgIpc) is 1.37. The molecule has 0 heterocycles. The monoisotopic (exact) mass is 71.0 g/mol. The van der Waals surface area contributed by atoms with E-state index in [1.165, 1.54) is 0 Å². The summed E-state index contributed by atoms with van der Waals surface area (Å²) in [6, 6.07) is 0. The van der Waals surface area contributed by atoms with Crippen molar-refractivity contribution in [3.05, 3.63) is 0 Å². The van der Waals surface area contributed by atoms with Gasteiger partial charge >= 0.3 is 0 Å². The summed E-state index contributed by atoms with van der Waals surface area (Å²) in [4.78, 5) is 0. The summed E-state index contributed by atoms with van der Waals surface area (Å²) in [6.45, 7) is 0. The summed E-state index contributed by atoms with van der Waals surface area (Å²) in [6.07, 6.45) is 0. The van der Waals surface area contributed by atoms with Crippen molar-refractivity contribution in [3.8, 4) is 0 Å². The lowest BCUT2D eigenvalue weighted by molar-refractivity contribution is 1.60. The normalized spacial score (nSPS) is 3.00. The van der Waals surface area contributed by atoms with E-state index in [0.29, 0.717) is 0 Å². The fourth-order valence-corrected chi connectivity index (χ4v) is 0. The van der Waals surface area contributed by atoms with Crippen molar-refractivity contribution in [2.45, 2.75) is 0 Å². The highest BCUT2D eigenvalue weighted by Gasteiger charge is 1.14. The molecule has 0 aromatic heterocycles. The van der Waals surface area contributed by atoms with Crippen LogP contribution in [-0.4, -0.2) is 10.9 Å². The van der Waals surface area contributed by atoms with Crippen molar-refractivity contribution < 1.29 is 0 Å². The first kappa shape index (κ1) is 3.58. The van der Waals surface area contributed by atoms with Crippen LogP contribution in [-0.2, 0) is 0 Å². The van der Waals surface area contributed by atoms with Gasteiger partial charge < -0.3 is 0 Å². The van der Waals surface area contributed by atoms with Gasteiger partial charge in [0, 0.05) is 10.9 Å². The van der Waals surface area contributed by atoms with Crippen molar-refractivity contribution in [3.63, 3.8) is 0 Å². The van der Waals surface area contributed by atoms with E-state index in [0.717, 1.165) is 0 Å². The van der Waals surface area contributed by atoms with Gasteiger partial charge in [-0.3, -0.25) is 5.41 Å². The van der Waals surface area contributed by atoms with Gasteiger partial charge in [0.25, 0.3) is 0 Å². The second kappa shape index (κ2) is 2.58. The van der Waals surface area contributed by atoms with E-state index in [-0.39, 0.29) is 0 Å². The topological polar surface area (TPSA) is 23.9 Å². The molecule has 1 N–H and O–H groups in total. The molecule has 0 fully saturated rings. The van der Waals surface area contributed by atoms with Crippen molar-refractivity contribution in [1.82, 2.24) is 0 Å². The summed E-state index contributed by atoms with van der Waals surface area (Å²) >= 11 is 4.00. The lowest BCUT2D eigenvalue weighted by atomic mass is 11.2. The lowest BCUT2D eigenvalue weighted by Crippen LogP contribution is -1.30. The molecule has 0 aliphatic rings. The zero-order chi connectivity index (χ0) is 3.41. The third-order valence-corrected chi connectivity index (χ3v) is 0.153. The largest absolute Gasteiger partial charge is 0.250 e.